The van der Waals surface area contributed by atoms with Gasteiger partial charge in [-0.15, -0.1) is 0 Å². The molecule has 2 N–H and O–H groups in total. The first-order valence-corrected chi connectivity index (χ1v) is 11.0. The molecule has 5 rings (SSSR count). The largest absolute Gasteiger partial charge is 0.486 e. The van der Waals surface area contributed by atoms with Crippen LogP contribution in [0.1, 0.15) is 0 Å². The minimum absolute atomic E-state index is 0.427. The van der Waals surface area contributed by atoms with Crippen molar-refractivity contribution in [2.75, 3.05) is 62.0 Å². The summed E-state index contributed by atoms with van der Waals surface area (Å²) >= 11 is 6.33. The number of nitrogens with zero attached hydrogens (tertiary/aromatic N) is 4. The van der Waals surface area contributed by atoms with Crippen LogP contribution in [0, 0.1) is 0 Å². The molecule has 8 nitrogen and oxygen atoms in total. The van der Waals surface area contributed by atoms with Crippen LogP contribution in [0.2, 0.25) is 5.02 Å². The molecule has 1 saturated heterocycles. The van der Waals surface area contributed by atoms with E-state index in [9.17, 15) is 0 Å². The molecule has 2 aliphatic rings. The molecular weight excluding hydrogens is 428 g/mol. The van der Waals surface area contributed by atoms with E-state index in [0.29, 0.717) is 35.8 Å². The standard InChI is InChI=1S/C23H25ClN6O2/c1-29-8-10-30(11-9-29)18-5-2-16(3-6-18)27-23-25-15-19(24)22(28-23)26-17-4-7-20-21(14-17)32-13-12-31-20/h2-7,14-15H,8-13H2,1H3,(H2,25,26,27,28). The zero-order valence-electron chi connectivity index (χ0n) is 17.8. The number of hydrogen-bond donors (Lipinski definition) is 2. The maximum atomic E-state index is 6.33. The van der Waals surface area contributed by atoms with Gasteiger partial charge in [-0.05, 0) is 43.4 Å². The molecule has 3 aromatic rings. The SMILES string of the molecule is CN1CCN(c2ccc(Nc3ncc(Cl)c(Nc4ccc5c(c4)OCCO5)n3)cc2)CC1. The van der Waals surface area contributed by atoms with E-state index in [1.165, 1.54) is 5.69 Å². The first-order chi connectivity index (χ1) is 15.6. The van der Waals surface area contributed by atoms with Gasteiger partial charge in [0.2, 0.25) is 5.95 Å². The first kappa shape index (κ1) is 20.7. The van der Waals surface area contributed by atoms with Crippen LogP contribution in [-0.2, 0) is 0 Å². The van der Waals surface area contributed by atoms with Crippen LogP contribution in [0.5, 0.6) is 11.5 Å². The predicted molar refractivity (Wildman–Crippen MR) is 127 cm³/mol. The van der Waals surface area contributed by atoms with Gasteiger partial charge < -0.3 is 29.9 Å². The minimum atomic E-state index is 0.427. The Morgan fingerprint density at radius 2 is 1.59 bits per heavy atom. The van der Waals surface area contributed by atoms with E-state index in [0.717, 1.165) is 43.3 Å². The lowest BCUT2D eigenvalue weighted by Crippen LogP contribution is -2.44. The summed E-state index contributed by atoms with van der Waals surface area (Å²) in [4.78, 5) is 13.6. The lowest BCUT2D eigenvalue weighted by Gasteiger charge is -2.34. The third kappa shape index (κ3) is 4.66. The summed E-state index contributed by atoms with van der Waals surface area (Å²) in [5.74, 6) is 2.40. The van der Waals surface area contributed by atoms with Crippen molar-refractivity contribution in [3.8, 4) is 11.5 Å². The molecule has 0 bridgehead atoms. The second-order valence-electron chi connectivity index (χ2n) is 7.84. The number of aromatic nitrogens is 2. The van der Waals surface area contributed by atoms with E-state index in [1.807, 2.05) is 30.3 Å². The number of hydrogen-bond acceptors (Lipinski definition) is 8. The smallest absolute Gasteiger partial charge is 0.229 e. The van der Waals surface area contributed by atoms with Crippen LogP contribution in [0.4, 0.5) is 28.8 Å². The number of halogens is 1. The molecule has 32 heavy (non-hydrogen) atoms. The van der Waals surface area contributed by atoms with Crippen LogP contribution in [0.3, 0.4) is 0 Å². The number of anilines is 5. The fourth-order valence-electron chi connectivity index (χ4n) is 3.72. The van der Waals surface area contributed by atoms with Gasteiger partial charge in [-0.1, -0.05) is 11.6 Å². The van der Waals surface area contributed by atoms with E-state index in [2.05, 4.69) is 49.6 Å². The van der Waals surface area contributed by atoms with Crippen LogP contribution >= 0.6 is 11.6 Å². The summed E-state index contributed by atoms with van der Waals surface area (Å²) in [6.07, 6.45) is 1.58. The van der Waals surface area contributed by atoms with Crippen molar-refractivity contribution < 1.29 is 9.47 Å². The van der Waals surface area contributed by atoms with Gasteiger partial charge in [0.05, 0.1) is 6.20 Å². The van der Waals surface area contributed by atoms with Crippen LogP contribution < -0.4 is 25.0 Å². The van der Waals surface area contributed by atoms with E-state index >= 15 is 0 Å². The molecule has 0 unspecified atom stereocenters. The number of piperazine rings is 1. The fraction of sp³-hybridized carbons (Fsp3) is 0.304. The average molecular weight is 453 g/mol. The molecular formula is C23H25ClN6O2. The van der Waals surface area contributed by atoms with E-state index in [4.69, 9.17) is 21.1 Å². The van der Waals surface area contributed by atoms with E-state index < -0.39 is 0 Å². The van der Waals surface area contributed by atoms with Gasteiger partial charge in [-0.25, -0.2) is 4.98 Å². The van der Waals surface area contributed by atoms with Crippen LogP contribution in [-0.4, -0.2) is 61.3 Å². The lowest BCUT2D eigenvalue weighted by atomic mass is 10.2. The summed E-state index contributed by atoms with van der Waals surface area (Å²) in [5.41, 5.74) is 2.94. The molecule has 0 spiro atoms. The van der Waals surface area contributed by atoms with Gasteiger partial charge in [-0.3, -0.25) is 0 Å². The van der Waals surface area contributed by atoms with Crippen LogP contribution in [0.15, 0.2) is 48.7 Å². The normalized spacial score (nSPS) is 16.0. The Bertz CT molecular complexity index is 1090. The Morgan fingerprint density at radius 1 is 0.875 bits per heavy atom. The van der Waals surface area contributed by atoms with Crippen molar-refractivity contribution in [3.05, 3.63) is 53.7 Å². The summed E-state index contributed by atoms with van der Waals surface area (Å²) in [6.45, 7) is 5.34. The van der Waals surface area contributed by atoms with Crippen molar-refractivity contribution in [2.45, 2.75) is 0 Å². The predicted octanol–water partition coefficient (Wildman–Crippen LogP) is 4.14. The molecule has 0 amide bonds. The topological polar surface area (TPSA) is 74.8 Å². The van der Waals surface area contributed by atoms with Crippen LogP contribution in [0.25, 0.3) is 0 Å². The highest BCUT2D eigenvalue weighted by Crippen LogP contribution is 2.34. The van der Waals surface area contributed by atoms with Gasteiger partial charge in [0.15, 0.2) is 17.3 Å². The Morgan fingerprint density at radius 3 is 2.38 bits per heavy atom. The second-order valence-corrected chi connectivity index (χ2v) is 8.24. The third-order valence-electron chi connectivity index (χ3n) is 5.54. The number of benzene rings is 2. The monoisotopic (exact) mass is 452 g/mol. The van der Waals surface area contributed by atoms with Crippen molar-refractivity contribution in [1.82, 2.24) is 14.9 Å². The molecule has 0 aliphatic carbocycles. The lowest BCUT2D eigenvalue weighted by molar-refractivity contribution is 0.171. The van der Waals surface area contributed by atoms with Gasteiger partial charge in [0, 0.05) is 49.3 Å². The molecule has 1 fully saturated rings. The zero-order valence-corrected chi connectivity index (χ0v) is 18.6. The van der Waals surface area contributed by atoms with Crippen molar-refractivity contribution in [3.63, 3.8) is 0 Å². The highest BCUT2D eigenvalue weighted by molar-refractivity contribution is 6.32. The Labute approximate surface area is 192 Å². The quantitative estimate of drug-likeness (QED) is 0.598. The number of likely N-dealkylation sites (N-methyl/N-ethyl adjacent to an activating group) is 1. The van der Waals surface area contributed by atoms with Gasteiger partial charge >= 0.3 is 0 Å². The second kappa shape index (κ2) is 9.10. The summed E-state index contributed by atoms with van der Waals surface area (Å²) in [7, 11) is 2.16. The summed E-state index contributed by atoms with van der Waals surface area (Å²) < 4.78 is 11.2. The summed E-state index contributed by atoms with van der Waals surface area (Å²) in [5, 5.41) is 6.91. The van der Waals surface area contributed by atoms with E-state index in [1.54, 1.807) is 6.20 Å². The third-order valence-corrected chi connectivity index (χ3v) is 5.82. The Kier molecular flexibility index (Phi) is 5.87. The molecule has 166 valence electrons. The molecule has 2 aromatic carbocycles. The molecule has 1 aromatic heterocycles. The highest BCUT2D eigenvalue weighted by atomic mass is 35.5. The van der Waals surface area contributed by atoms with Crippen molar-refractivity contribution in [2.24, 2.45) is 0 Å². The molecule has 0 radical (unpaired) electrons. The molecule has 9 heteroatoms. The maximum Gasteiger partial charge on any atom is 0.229 e. The van der Waals surface area contributed by atoms with Crippen molar-refractivity contribution >= 4 is 40.4 Å². The molecule has 2 aliphatic heterocycles. The number of nitrogens with one attached hydrogen (secondary N) is 2. The first-order valence-electron chi connectivity index (χ1n) is 10.6. The maximum absolute atomic E-state index is 6.33. The van der Waals surface area contributed by atoms with Crippen molar-refractivity contribution in [1.29, 1.82) is 0 Å². The average Bonchev–Trinajstić information content (AvgIpc) is 2.82. The minimum Gasteiger partial charge on any atom is -0.486 e. The molecule has 0 atom stereocenters. The van der Waals surface area contributed by atoms with Gasteiger partial charge in [0.25, 0.3) is 0 Å². The van der Waals surface area contributed by atoms with Gasteiger partial charge in [0.1, 0.15) is 18.2 Å². The molecule has 0 saturated carbocycles. The Hall–Kier alpha value is -3.23. The number of ether oxygens (including phenoxy) is 2. The zero-order chi connectivity index (χ0) is 21.9. The number of fused-ring (bicyclic) bond motifs is 1. The highest BCUT2D eigenvalue weighted by Gasteiger charge is 2.15. The summed E-state index contributed by atoms with van der Waals surface area (Å²) in [6, 6.07) is 14.0. The van der Waals surface area contributed by atoms with Gasteiger partial charge in [-0.2, -0.15) is 4.98 Å². The number of rotatable bonds is 5. The van der Waals surface area contributed by atoms with E-state index in [-0.39, 0.29) is 0 Å². The molecule has 3 heterocycles. The fourth-order valence-corrected chi connectivity index (χ4v) is 3.86. The Balaban J connectivity index is 1.27.